The third-order valence-corrected chi connectivity index (χ3v) is 7.82. The van der Waals surface area contributed by atoms with Crippen LogP contribution < -0.4 is 10.1 Å². The molecular formula is C35H35BrN2O4. The monoisotopic (exact) mass is 626 g/mol. The minimum Gasteiger partial charge on any atom is -0.494 e. The largest absolute Gasteiger partial charge is 0.494 e. The highest BCUT2D eigenvalue weighted by Gasteiger charge is 2.53. The van der Waals surface area contributed by atoms with Crippen LogP contribution in [0.4, 0.5) is 0 Å². The quantitative estimate of drug-likeness (QED) is 0.167. The number of aliphatic hydroxyl groups excluding tert-OH is 1. The number of amides is 1. The maximum atomic E-state index is 14.3. The van der Waals surface area contributed by atoms with Gasteiger partial charge in [0.2, 0.25) is 5.90 Å². The molecule has 5 rings (SSSR count). The molecule has 1 amide bonds. The number of rotatable bonds is 13. The molecule has 6 nitrogen and oxygen atoms in total. The predicted molar refractivity (Wildman–Crippen MR) is 169 cm³/mol. The highest BCUT2D eigenvalue weighted by molar-refractivity contribution is 9.10. The molecule has 4 aromatic carbocycles. The van der Waals surface area contributed by atoms with E-state index in [0.717, 1.165) is 34.0 Å². The number of carbonyl (C=O) groups is 1. The van der Waals surface area contributed by atoms with E-state index in [1.165, 1.54) is 5.56 Å². The second-order valence-corrected chi connectivity index (χ2v) is 11.3. The lowest BCUT2D eigenvalue weighted by Gasteiger charge is -2.31. The van der Waals surface area contributed by atoms with Gasteiger partial charge in [-0.15, -0.1) is 0 Å². The predicted octanol–water partition coefficient (Wildman–Crippen LogP) is 6.46. The fourth-order valence-corrected chi connectivity index (χ4v) is 5.38. The number of ether oxygens (including phenoxy) is 2. The Morgan fingerprint density at radius 3 is 2.26 bits per heavy atom. The molecule has 7 heteroatoms. The molecule has 2 N–H and O–H groups in total. The molecule has 0 unspecified atom stereocenters. The SMILES string of the molecule is O=C(NCCCc1ccccc1)[C@]1(Cc2ccc(Br)cc2)N=C(c2ccc(OCCCO)cc2)O[C@@H]1c1ccccc1. The summed E-state index contributed by atoms with van der Waals surface area (Å²) in [5.74, 6) is 0.955. The molecule has 42 heavy (non-hydrogen) atoms. The topological polar surface area (TPSA) is 80.2 Å². The summed E-state index contributed by atoms with van der Waals surface area (Å²) in [6, 6.07) is 35.6. The van der Waals surface area contributed by atoms with Gasteiger partial charge in [-0.05, 0) is 65.9 Å². The Labute approximate surface area is 255 Å². The van der Waals surface area contributed by atoms with Gasteiger partial charge in [0, 0.05) is 36.0 Å². The number of hydrogen-bond donors (Lipinski definition) is 2. The molecule has 1 aliphatic rings. The minimum atomic E-state index is -1.21. The fourth-order valence-electron chi connectivity index (χ4n) is 5.12. The smallest absolute Gasteiger partial charge is 0.252 e. The summed E-state index contributed by atoms with van der Waals surface area (Å²) < 4.78 is 13.3. The Kier molecular flexibility index (Phi) is 10.1. The van der Waals surface area contributed by atoms with Crippen molar-refractivity contribution >= 4 is 27.7 Å². The average Bonchev–Trinajstić information content (AvgIpc) is 3.42. The van der Waals surface area contributed by atoms with Crippen LogP contribution in [0.25, 0.3) is 0 Å². The van der Waals surface area contributed by atoms with E-state index in [-0.39, 0.29) is 12.5 Å². The highest BCUT2D eigenvalue weighted by Crippen LogP contribution is 2.42. The van der Waals surface area contributed by atoms with Crippen molar-refractivity contribution in [1.29, 1.82) is 0 Å². The zero-order valence-corrected chi connectivity index (χ0v) is 25.0. The van der Waals surface area contributed by atoms with E-state index in [1.807, 2.05) is 97.1 Å². The van der Waals surface area contributed by atoms with Crippen LogP contribution in [0.3, 0.4) is 0 Å². The maximum absolute atomic E-state index is 14.3. The van der Waals surface area contributed by atoms with E-state index >= 15 is 0 Å². The van der Waals surface area contributed by atoms with Gasteiger partial charge in [0.1, 0.15) is 5.75 Å². The summed E-state index contributed by atoms with van der Waals surface area (Å²) in [5.41, 5.74) is 2.66. The van der Waals surface area contributed by atoms with E-state index < -0.39 is 11.6 Å². The second kappa shape index (κ2) is 14.3. The van der Waals surface area contributed by atoms with Crippen molar-refractivity contribution in [2.45, 2.75) is 37.3 Å². The zero-order valence-electron chi connectivity index (χ0n) is 23.4. The first-order valence-corrected chi connectivity index (χ1v) is 15.1. The van der Waals surface area contributed by atoms with Gasteiger partial charge < -0.3 is 19.9 Å². The minimum absolute atomic E-state index is 0.0817. The number of carbonyl (C=O) groups excluding carboxylic acids is 1. The summed E-state index contributed by atoms with van der Waals surface area (Å²) in [4.78, 5) is 19.4. The Balaban J connectivity index is 1.46. The van der Waals surface area contributed by atoms with E-state index in [2.05, 4.69) is 33.4 Å². The molecule has 1 aliphatic heterocycles. The van der Waals surface area contributed by atoms with Crippen LogP contribution in [0.2, 0.25) is 0 Å². The van der Waals surface area contributed by atoms with Crippen LogP contribution in [0, 0.1) is 0 Å². The molecule has 1 heterocycles. The van der Waals surface area contributed by atoms with Gasteiger partial charge in [-0.25, -0.2) is 4.99 Å². The van der Waals surface area contributed by atoms with Crippen LogP contribution in [-0.4, -0.2) is 42.2 Å². The van der Waals surface area contributed by atoms with Gasteiger partial charge in [-0.1, -0.05) is 88.7 Å². The van der Waals surface area contributed by atoms with Crippen LogP contribution in [0.15, 0.2) is 119 Å². The van der Waals surface area contributed by atoms with Crippen LogP contribution in [0.1, 0.15) is 41.2 Å². The summed E-state index contributed by atoms with van der Waals surface area (Å²) >= 11 is 3.52. The first-order chi connectivity index (χ1) is 20.6. The molecule has 0 spiro atoms. The number of aliphatic hydroxyl groups is 1. The normalized spacial score (nSPS) is 17.8. The Bertz CT molecular complexity index is 1460. The molecule has 4 aromatic rings. The van der Waals surface area contributed by atoms with Crippen molar-refractivity contribution in [1.82, 2.24) is 5.32 Å². The average molecular weight is 628 g/mol. The lowest BCUT2D eigenvalue weighted by Crippen LogP contribution is -2.50. The molecule has 0 bridgehead atoms. The Morgan fingerprint density at radius 2 is 1.57 bits per heavy atom. The van der Waals surface area contributed by atoms with Gasteiger partial charge in [0.05, 0.1) is 6.61 Å². The Morgan fingerprint density at radius 1 is 0.881 bits per heavy atom. The standard InChI is InChI=1S/C35H35BrN2O4/c36-30-18-14-27(15-19-30)25-35(34(40)37-22-7-11-26-9-3-1-4-10-26)32(28-12-5-2-6-13-28)42-33(38-35)29-16-20-31(21-17-29)41-24-8-23-39/h1-6,9-10,12-21,32,39H,7-8,11,22-25H2,(H,37,40)/t32-,35-/m1/s1. The van der Waals surface area contributed by atoms with E-state index in [1.54, 1.807) is 0 Å². The lowest BCUT2D eigenvalue weighted by molar-refractivity contribution is -0.128. The molecule has 0 aromatic heterocycles. The van der Waals surface area contributed by atoms with Gasteiger partial charge in [-0.2, -0.15) is 0 Å². The molecule has 0 saturated carbocycles. The van der Waals surface area contributed by atoms with Crippen molar-refractivity contribution in [2.24, 2.45) is 4.99 Å². The van der Waals surface area contributed by atoms with E-state index in [0.29, 0.717) is 37.6 Å². The van der Waals surface area contributed by atoms with Gasteiger partial charge in [0.15, 0.2) is 11.6 Å². The van der Waals surface area contributed by atoms with Crippen molar-refractivity contribution in [3.05, 3.63) is 136 Å². The van der Waals surface area contributed by atoms with E-state index in [4.69, 9.17) is 19.6 Å². The first kappa shape index (κ1) is 29.5. The fraction of sp³-hybridized carbons (Fsp3) is 0.257. The molecule has 0 aliphatic carbocycles. The number of aryl methyl sites for hydroxylation is 1. The summed E-state index contributed by atoms with van der Waals surface area (Å²) in [6.07, 6.45) is 2.01. The molecule has 0 fully saturated rings. The summed E-state index contributed by atoms with van der Waals surface area (Å²) in [7, 11) is 0. The number of benzene rings is 4. The van der Waals surface area contributed by atoms with E-state index in [9.17, 15) is 4.79 Å². The maximum Gasteiger partial charge on any atom is 0.252 e. The van der Waals surface area contributed by atoms with Gasteiger partial charge in [0.25, 0.3) is 5.91 Å². The number of nitrogens with zero attached hydrogens (tertiary/aromatic N) is 1. The number of halogens is 1. The van der Waals surface area contributed by atoms with Crippen molar-refractivity contribution in [2.75, 3.05) is 19.8 Å². The summed E-state index contributed by atoms with van der Waals surface area (Å²) in [5, 5.41) is 12.2. The first-order valence-electron chi connectivity index (χ1n) is 14.3. The third-order valence-electron chi connectivity index (χ3n) is 7.29. The van der Waals surface area contributed by atoms with Crippen molar-refractivity contribution in [3.8, 4) is 5.75 Å². The van der Waals surface area contributed by atoms with Crippen LogP contribution in [0.5, 0.6) is 5.75 Å². The molecule has 216 valence electrons. The molecule has 0 saturated heterocycles. The van der Waals surface area contributed by atoms with Gasteiger partial charge in [-0.3, -0.25) is 4.79 Å². The number of aliphatic imine (C=N–C) groups is 1. The van der Waals surface area contributed by atoms with Crippen LogP contribution >= 0.6 is 15.9 Å². The second-order valence-electron chi connectivity index (χ2n) is 10.3. The molecular weight excluding hydrogens is 592 g/mol. The van der Waals surface area contributed by atoms with Gasteiger partial charge >= 0.3 is 0 Å². The highest BCUT2D eigenvalue weighted by atomic mass is 79.9. The summed E-state index contributed by atoms with van der Waals surface area (Å²) in [6.45, 7) is 1.05. The zero-order chi connectivity index (χ0) is 29.2. The van der Waals surface area contributed by atoms with Crippen molar-refractivity contribution < 1.29 is 19.4 Å². The van der Waals surface area contributed by atoms with Crippen molar-refractivity contribution in [3.63, 3.8) is 0 Å². The third kappa shape index (κ3) is 7.27. The molecule has 2 atom stereocenters. The Hall–Kier alpha value is -3.94. The number of hydrogen-bond acceptors (Lipinski definition) is 5. The molecule has 0 radical (unpaired) electrons. The van der Waals surface area contributed by atoms with Crippen LogP contribution in [-0.2, 0) is 22.4 Å². The number of nitrogens with one attached hydrogen (secondary N) is 1. The lowest BCUT2D eigenvalue weighted by atomic mass is 9.82.